The number of rotatable bonds is 4. The molecule has 2 aromatic carbocycles. The van der Waals surface area contributed by atoms with Crippen LogP contribution in [0.4, 0.5) is 5.69 Å². The number of amides is 2. The van der Waals surface area contributed by atoms with Crippen molar-refractivity contribution in [2.75, 3.05) is 25.5 Å². The molecule has 1 N–H and O–H groups in total. The summed E-state index contributed by atoms with van der Waals surface area (Å²) in [6, 6.07) is 12.4. The second-order valence-electron chi connectivity index (χ2n) is 6.23. The summed E-state index contributed by atoms with van der Waals surface area (Å²) in [6.45, 7) is 3.58. The maximum atomic E-state index is 12.5. The predicted molar refractivity (Wildman–Crippen MR) is 97.3 cm³/mol. The number of hydrogen-bond acceptors (Lipinski definition) is 3. The van der Waals surface area contributed by atoms with Gasteiger partial charge in [0.25, 0.3) is 11.8 Å². The molecule has 2 aromatic rings. The molecule has 0 atom stereocenters. The Morgan fingerprint density at radius 1 is 1.00 bits per heavy atom. The highest BCUT2D eigenvalue weighted by Gasteiger charge is 2.19. The zero-order valence-electron chi connectivity index (χ0n) is 14.5. The van der Waals surface area contributed by atoms with E-state index in [-0.39, 0.29) is 11.8 Å². The molecule has 1 aliphatic heterocycles. The Balaban J connectivity index is 1.73. The third kappa shape index (κ3) is 3.82. The summed E-state index contributed by atoms with van der Waals surface area (Å²) in [5.41, 5.74) is 2.78. The number of nitrogens with zero attached hydrogens (tertiary/aromatic N) is 1. The molecule has 1 saturated heterocycles. The number of ether oxygens (including phenoxy) is 1. The monoisotopic (exact) mass is 338 g/mol. The number of likely N-dealkylation sites (tertiary alicyclic amines) is 1. The summed E-state index contributed by atoms with van der Waals surface area (Å²) >= 11 is 0. The standard InChI is InChI=1S/C20H22N2O3/c1-14-5-10-18(25-2)17(13-14)21-19(23)15-6-8-16(9-7-15)20(24)22-11-3-4-12-22/h5-10,13H,3-4,11-12H2,1-2H3,(H,21,23). The van der Waals surface area contributed by atoms with E-state index in [1.807, 2.05) is 30.0 Å². The van der Waals surface area contributed by atoms with Gasteiger partial charge in [0.1, 0.15) is 5.75 Å². The van der Waals surface area contributed by atoms with Crippen molar-refractivity contribution in [2.24, 2.45) is 0 Å². The molecule has 5 heteroatoms. The van der Waals surface area contributed by atoms with Crippen LogP contribution >= 0.6 is 0 Å². The second-order valence-corrected chi connectivity index (χ2v) is 6.23. The molecule has 0 aromatic heterocycles. The summed E-state index contributed by atoms with van der Waals surface area (Å²) in [5, 5.41) is 2.86. The fraction of sp³-hybridized carbons (Fsp3) is 0.300. The Labute approximate surface area is 147 Å². The summed E-state index contributed by atoms with van der Waals surface area (Å²) in [6.07, 6.45) is 2.12. The molecule has 25 heavy (non-hydrogen) atoms. The van der Waals surface area contributed by atoms with Gasteiger partial charge in [0.2, 0.25) is 0 Å². The smallest absolute Gasteiger partial charge is 0.255 e. The maximum Gasteiger partial charge on any atom is 0.255 e. The number of carbonyl (C=O) groups is 2. The van der Waals surface area contributed by atoms with Crippen molar-refractivity contribution in [2.45, 2.75) is 19.8 Å². The molecule has 1 fully saturated rings. The van der Waals surface area contributed by atoms with Crippen LogP contribution in [0.1, 0.15) is 39.1 Å². The molecular formula is C20H22N2O3. The highest BCUT2D eigenvalue weighted by molar-refractivity contribution is 6.05. The number of hydrogen-bond donors (Lipinski definition) is 1. The van der Waals surface area contributed by atoms with E-state index in [2.05, 4.69) is 5.32 Å². The van der Waals surface area contributed by atoms with Gasteiger partial charge in [-0.15, -0.1) is 0 Å². The predicted octanol–water partition coefficient (Wildman–Crippen LogP) is 3.49. The minimum atomic E-state index is -0.232. The summed E-state index contributed by atoms with van der Waals surface area (Å²) in [5.74, 6) is 0.411. The third-order valence-corrected chi connectivity index (χ3v) is 4.39. The van der Waals surface area contributed by atoms with E-state index in [0.29, 0.717) is 22.6 Å². The molecule has 2 amide bonds. The van der Waals surface area contributed by atoms with Crippen LogP contribution in [0.2, 0.25) is 0 Å². The van der Waals surface area contributed by atoms with Crippen molar-refractivity contribution in [3.05, 3.63) is 59.2 Å². The van der Waals surface area contributed by atoms with Crippen LogP contribution in [-0.2, 0) is 0 Å². The van der Waals surface area contributed by atoms with Crippen molar-refractivity contribution < 1.29 is 14.3 Å². The first-order valence-electron chi connectivity index (χ1n) is 8.44. The van der Waals surface area contributed by atoms with E-state index in [4.69, 9.17) is 4.74 Å². The average molecular weight is 338 g/mol. The van der Waals surface area contributed by atoms with E-state index >= 15 is 0 Å². The molecule has 0 bridgehead atoms. The largest absolute Gasteiger partial charge is 0.495 e. The zero-order valence-corrected chi connectivity index (χ0v) is 14.5. The lowest BCUT2D eigenvalue weighted by atomic mass is 10.1. The van der Waals surface area contributed by atoms with Crippen LogP contribution in [0, 0.1) is 6.92 Å². The number of anilines is 1. The van der Waals surface area contributed by atoms with Crippen LogP contribution in [-0.4, -0.2) is 36.9 Å². The van der Waals surface area contributed by atoms with Gasteiger partial charge in [0.15, 0.2) is 0 Å². The fourth-order valence-electron chi connectivity index (χ4n) is 2.98. The van der Waals surface area contributed by atoms with Gasteiger partial charge in [-0.3, -0.25) is 9.59 Å². The van der Waals surface area contributed by atoms with Gasteiger partial charge in [0.05, 0.1) is 12.8 Å². The fourth-order valence-corrected chi connectivity index (χ4v) is 2.98. The lowest BCUT2D eigenvalue weighted by Gasteiger charge is -2.15. The van der Waals surface area contributed by atoms with Crippen molar-refractivity contribution >= 4 is 17.5 Å². The Morgan fingerprint density at radius 2 is 1.64 bits per heavy atom. The third-order valence-electron chi connectivity index (χ3n) is 4.39. The van der Waals surface area contributed by atoms with Crippen LogP contribution in [0.3, 0.4) is 0 Å². The Bertz CT molecular complexity index is 778. The highest BCUT2D eigenvalue weighted by Crippen LogP contribution is 2.25. The number of methoxy groups -OCH3 is 1. The van der Waals surface area contributed by atoms with Crippen LogP contribution in [0.25, 0.3) is 0 Å². The Morgan fingerprint density at radius 3 is 2.28 bits per heavy atom. The average Bonchev–Trinajstić information content (AvgIpc) is 3.16. The minimum absolute atomic E-state index is 0.0322. The van der Waals surface area contributed by atoms with E-state index in [9.17, 15) is 9.59 Å². The summed E-state index contributed by atoms with van der Waals surface area (Å²) in [7, 11) is 1.57. The Kier molecular flexibility index (Phi) is 5.03. The van der Waals surface area contributed by atoms with Crippen LogP contribution in [0.5, 0.6) is 5.75 Å². The second kappa shape index (κ2) is 7.38. The first kappa shape index (κ1) is 17.0. The molecule has 0 aliphatic carbocycles. The van der Waals surface area contributed by atoms with Crippen molar-refractivity contribution in [3.8, 4) is 5.75 Å². The molecular weight excluding hydrogens is 316 g/mol. The van der Waals surface area contributed by atoms with Gasteiger partial charge in [0, 0.05) is 24.2 Å². The number of nitrogens with one attached hydrogen (secondary N) is 1. The van der Waals surface area contributed by atoms with E-state index < -0.39 is 0 Å². The highest BCUT2D eigenvalue weighted by atomic mass is 16.5. The molecule has 5 nitrogen and oxygen atoms in total. The summed E-state index contributed by atoms with van der Waals surface area (Å²) in [4.78, 5) is 26.7. The molecule has 0 spiro atoms. The number of benzene rings is 2. The quantitative estimate of drug-likeness (QED) is 0.928. The number of aryl methyl sites for hydroxylation is 1. The SMILES string of the molecule is COc1ccc(C)cc1NC(=O)c1ccc(C(=O)N2CCCC2)cc1. The maximum absolute atomic E-state index is 12.5. The van der Waals surface area contributed by atoms with Crippen LogP contribution < -0.4 is 10.1 Å². The summed E-state index contributed by atoms with van der Waals surface area (Å²) < 4.78 is 5.28. The van der Waals surface area contributed by atoms with Gasteiger partial charge < -0.3 is 15.0 Å². The lowest BCUT2D eigenvalue weighted by Crippen LogP contribution is -2.27. The Hall–Kier alpha value is -2.82. The first-order valence-corrected chi connectivity index (χ1v) is 8.44. The molecule has 0 unspecified atom stereocenters. The topological polar surface area (TPSA) is 58.6 Å². The van der Waals surface area contributed by atoms with Crippen LogP contribution in [0.15, 0.2) is 42.5 Å². The van der Waals surface area contributed by atoms with Gasteiger partial charge in [-0.2, -0.15) is 0 Å². The first-order chi connectivity index (χ1) is 12.1. The zero-order chi connectivity index (χ0) is 17.8. The van der Waals surface area contributed by atoms with Gasteiger partial charge >= 0.3 is 0 Å². The van der Waals surface area contributed by atoms with Gasteiger partial charge in [-0.05, 0) is 61.7 Å². The van der Waals surface area contributed by atoms with Crippen molar-refractivity contribution in [1.29, 1.82) is 0 Å². The molecule has 1 aliphatic rings. The molecule has 0 radical (unpaired) electrons. The van der Waals surface area contributed by atoms with Crippen molar-refractivity contribution in [1.82, 2.24) is 4.90 Å². The molecule has 3 rings (SSSR count). The molecule has 1 heterocycles. The van der Waals surface area contributed by atoms with E-state index in [1.165, 1.54) is 0 Å². The number of carbonyl (C=O) groups excluding carboxylic acids is 2. The molecule has 0 saturated carbocycles. The van der Waals surface area contributed by atoms with E-state index in [1.54, 1.807) is 31.4 Å². The van der Waals surface area contributed by atoms with Crippen molar-refractivity contribution in [3.63, 3.8) is 0 Å². The normalized spacial score (nSPS) is 13.6. The lowest BCUT2D eigenvalue weighted by molar-refractivity contribution is 0.0792. The van der Waals surface area contributed by atoms with Gasteiger partial charge in [-0.1, -0.05) is 6.07 Å². The van der Waals surface area contributed by atoms with Gasteiger partial charge in [-0.25, -0.2) is 0 Å². The molecule has 130 valence electrons. The van der Waals surface area contributed by atoms with E-state index in [0.717, 1.165) is 31.5 Å². The minimum Gasteiger partial charge on any atom is -0.495 e.